The number of thiophene rings is 1. The molecule has 0 amide bonds. The number of hydrogen-bond donors (Lipinski definition) is 1. The van der Waals surface area contributed by atoms with Crippen LogP contribution in [0.15, 0.2) is 22.5 Å². The van der Waals surface area contributed by atoms with Crippen molar-refractivity contribution >= 4 is 33.1 Å². The van der Waals surface area contributed by atoms with Crippen LogP contribution in [0.3, 0.4) is 0 Å². The van der Waals surface area contributed by atoms with Gasteiger partial charge in [-0.15, -0.1) is 11.3 Å². The van der Waals surface area contributed by atoms with E-state index >= 15 is 0 Å². The summed E-state index contributed by atoms with van der Waals surface area (Å²) in [7, 11) is -0.849. The Kier molecular flexibility index (Phi) is 7.10. The molecule has 7 heteroatoms. The van der Waals surface area contributed by atoms with Gasteiger partial charge in [0, 0.05) is 54.0 Å². The summed E-state index contributed by atoms with van der Waals surface area (Å²) in [6, 6.07) is 4.29. The van der Waals surface area contributed by atoms with Crippen molar-refractivity contribution in [1.29, 1.82) is 0 Å². The summed E-state index contributed by atoms with van der Waals surface area (Å²) in [4.78, 5) is 9.44. The van der Waals surface area contributed by atoms with E-state index in [-0.39, 0.29) is 4.75 Å². The topological polar surface area (TPSA) is 47.9 Å². The molecule has 2 heterocycles. The Morgan fingerprint density at radius 2 is 2.04 bits per heavy atom. The maximum atomic E-state index is 12.2. The minimum absolute atomic E-state index is 0.166. The summed E-state index contributed by atoms with van der Waals surface area (Å²) in [5, 5.41) is 6.85. The lowest BCUT2D eigenvalue weighted by molar-refractivity contribution is 0.374. The zero-order valence-electron chi connectivity index (χ0n) is 15.2. The quantitative estimate of drug-likeness (QED) is 0.639. The summed E-state index contributed by atoms with van der Waals surface area (Å²) < 4.78 is 12.0. The van der Waals surface area contributed by atoms with Gasteiger partial charge in [0.1, 0.15) is 0 Å². The second kappa shape index (κ2) is 8.85. The average Bonchev–Trinajstić information content (AvgIpc) is 3.07. The number of guanidine groups is 1. The lowest BCUT2D eigenvalue weighted by Crippen LogP contribution is -2.52. The summed E-state index contributed by atoms with van der Waals surface area (Å²) >= 11 is 1.80. The first-order chi connectivity index (χ1) is 11.4. The van der Waals surface area contributed by atoms with E-state index in [1.54, 1.807) is 11.3 Å². The fourth-order valence-electron chi connectivity index (χ4n) is 2.55. The van der Waals surface area contributed by atoms with Crippen LogP contribution in [0, 0.1) is 0 Å². The molecule has 1 unspecified atom stereocenters. The van der Waals surface area contributed by atoms with Crippen LogP contribution in [0.2, 0.25) is 0 Å². The van der Waals surface area contributed by atoms with E-state index in [4.69, 9.17) is 4.99 Å². The summed E-state index contributed by atoms with van der Waals surface area (Å²) in [6.07, 6.45) is 0. The van der Waals surface area contributed by atoms with Crippen LogP contribution < -0.4 is 10.2 Å². The second-order valence-corrected chi connectivity index (χ2v) is 10.1. The molecule has 1 aliphatic rings. The van der Waals surface area contributed by atoms with Gasteiger partial charge in [-0.1, -0.05) is 0 Å². The van der Waals surface area contributed by atoms with Crippen LogP contribution in [-0.2, 0) is 10.8 Å². The van der Waals surface area contributed by atoms with E-state index in [0.717, 1.165) is 38.7 Å². The molecule has 0 radical (unpaired) electrons. The van der Waals surface area contributed by atoms with Crippen LogP contribution in [0.25, 0.3) is 0 Å². The largest absolute Gasteiger partial charge is 0.360 e. The maximum absolute atomic E-state index is 12.2. The van der Waals surface area contributed by atoms with Gasteiger partial charge in [0.05, 0.1) is 11.5 Å². The highest BCUT2D eigenvalue weighted by molar-refractivity contribution is 7.86. The minimum atomic E-state index is -0.849. The van der Waals surface area contributed by atoms with E-state index in [1.807, 2.05) is 20.8 Å². The van der Waals surface area contributed by atoms with Gasteiger partial charge in [-0.25, -0.2) is 0 Å². The highest BCUT2D eigenvalue weighted by Gasteiger charge is 2.21. The number of nitrogens with zero attached hydrogens (tertiary/aromatic N) is 3. The predicted octanol–water partition coefficient (Wildman–Crippen LogP) is 2.38. The predicted molar refractivity (Wildman–Crippen MR) is 107 cm³/mol. The molecule has 5 nitrogen and oxygen atoms in total. The molecule has 1 aromatic heterocycles. The number of rotatable bonds is 5. The molecule has 0 aliphatic carbocycles. The van der Waals surface area contributed by atoms with Crippen molar-refractivity contribution in [3.05, 3.63) is 17.5 Å². The molecule has 1 fully saturated rings. The third-order valence-corrected chi connectivity index (χ3v) is 6.80. The Balaban J connectivity index is 1.88. The Morgan fingerprint density at radius 3 is 2.58 bits per heavy atom. The first-order valence-electron chi connectivity index (χ1n) is 8.62. The smallest absolute Gasteiger partial charge is 0.194 e. The Labute approximate surface area is 152 Å². The van der Waals surface area contributed by atoms with Crippen molar-refractivity contribution in [2.75, 3.05) is 49.9 Å². The molecule has 0 bridgehead atoms. The Morgan fingerprint density at radius 1 is 1.33 bits per heavy atom. The zero-order chi connectivity index (χ0) is 17.6. The van der Waals surface area contributed by atoms with E-state index in [1.165, 1.54) is 5.00 Å². The van der Waals surface area contributed by atoms with Crippen LogP contribution in [0.5, 0.6) is 0 Å². The van der Waals surface area contributed by atoms with Gasteiger partial charge in [-0.05, 0) is 45.2 Å². The normalized spacial score (nSPS) is 17.9. The lowest BCUT2D eigenvalue weighted by atomic mass is 10.3. The van der Waals surface area contributed by atoms with Gasteiger partial charge in [-0.2, -0.15) is 0 Å². The summed E-state index contributed by atoms with van der Waals surface area (Å²) in [6.45, 7) is 13.6. The molecule has 1 aromatic rings. The molecule has 0 spiro atoms. The van der Waals surface area contributed by atoms with Crippen LogP contribution in [-0.4, -0.2) is 64.8 Å². The van der Waals surface area contributed by atoms with Gasteiger partial charge in [-0.3, -0.25) is 9.20 Å². The number of piperazine rings is 1. The van der Waals surface area contributed by atoms with Crippen molar-refractivity contribution in [1.82, 2.24) is 10.2 Å². The van der Waals surface area contributed by atoms with Gasteiger partial charge in [0.2, 0.25) is 0 Å². The zero-order valence-corrected chi connectivity index (χ0v) is 16.9. The molecule has 2 rings (SSSR count). The monoisotopic (exact) mass is 370 g/mol. The SMILES string of the molecule is CCNC(=NCCS(=O)C(C)(C)C)N1CCN(c2cccs2)CC1. The van der Waals surface area contributed by atoms with Crippen molar-refractivity contribution < 1.29 is 4.21 Å². The van der Waals surface area contributed by atoms with Crippen molar-refractivity contribution in [2.45, 2.75) is 32.4 Å². The molecule has 1 atom stereocenters. The number of nitrogens with one attached hydrogen (secondary N) is 1. The van der Waals surface area contributed by atoms with Crippen LogP contribution in [0.1, 0.15) is 27.7 Å². The lowest BCUT2D eigenvalue weighted by Gasteiger charge is -2.37. The first kappa shape index (κ1) is 19.2. The van der Waals surface area contributed by atoms with Crippen LogP contribution >= 0.6 is 11.3 Å². The van der Waals surface area contributed by atoms with Crippen LogP contribution in [0.4, 0.5) is 5.00 Å². The van der Waals surface area contributed by atoms with E-state index in [2.05, 4.69) is 39.6 Å². The highest BCUT2D eigenvalue weighted by atomic mass is 32.2. The average molecular weight is 371 g/mol. The molecule has 24 heavy (non-hydrogen) atoms. The number of anilines is 1. The molecular weight excluding hydrogens is 340 g/mol. The molecular formula is C17H30N4OS2. The van der Waals surface area contributed by atoms with Crippen molar-refractivity contribution in [3.63, 3.8) is 0 Å². The fraction of sp³-hybridized carbons (Fsp3) is 0.706. The summed E-state index contributed by atoms with van der Waals surface area (Å²) in [5.41, 5.74) is 0. The highest BCUT2D eigenvalue weighted by Crippen LogP contribution is 2.22. The third kappa shape index (κ3) is 5.48. The maximum Gasteiger partial charge on any atom is 0.194 e. The number of hydrogen-bond acceptors (Lipinski definition) is 4. The number of aliphatic imine (C=N–C) groups is 1. The molecule has 0 aromatic carbocycles. The molecule has 0 saturated carbocycles. The second-order valence-electron chi connectivity index (χ2n) is 6.82. The van der Waals surface area contributed by atoms with Gasteiger partial charge in [0.15, 0.2) is 5.96 Å². The summed E-state index contributed by atoms with van der Waals surface area (Å²) in [5.74, 6) is 1.57. The molecule has 1 aliphatic heterocycles. The molecule has 136 valence electrons. The first-order valence-corrected chi connectivity index (χ1v) is 10.8. The van der Waals surface area contributed by atoms with E-state index < -0.39 is 10.8 Å². The van der Waals surface area contributed by atoms with Crippen molar-refractivity contribution in [2.24, 2.45) is 4.99 Å². The van der Waals surface area contributed by atoms with Gasteiger partial charge >= 0.3 is 0 Å². The van der Waals surface area contributed by atoms with E-state index in [0.29, 0.717) is 12.3 Å². The van der Waals surface area contributed by atoms with Gasteiger partial charge < -0.3 is 15.1 Å². The minimum Gasteiger partial charge on any atom is -0.360 e. The van der Waals surface area contributed by atoms with Crippen molar-refractivity contribution in [3.8, 4) is 0 Å². The Bertz CT molecular complexity index is 543. The third-order valence-electron chi connectivity index (χ3n) is 3.95. The fourth-order valence-corrected chi connectivity index (χ4v) is 4.21. The van der Waals surface area contributed by atoms with E-state index in [9.17, 15) is 4.21 Å². The molecule has 1 saturated heterocycles. The molecule has 1 N–H and O–H groups in total. The standard InChI is InChI=1S/C17H30N4OS2/c1-5-18-16(19-8-14-24(22)17(2,3)4)21-11-9-20(10-12-21)15-7-6-13-23-15/h6-7,13H,5,8-12,14H2,1-4H3,(H,18,19). The van der Waals surface area contributed by atoms with Gasteiger partial charge in [0.25, 0.3) is 0 Å². The Hall–Kier alpha value is -1.08.